The van der Waals surface area contributed by atoms with E-state index >= 15 is 0 Å². The first kappa shape index (κ1) is 20.5. The van der Waals surface area contributed by atoms with Gasteiger partial charge in [-0.05, 0) is 6.07 Å². The van der Waals surface area contributed by atoms with E-state index in [4.69, 9.17) is 5.10 Å². The summed E-state index contributed by atoms with van der Waals surface area (Å²) < 4.78 is 4.22. The Morgan fingerprint density at radius 3 is 2.79 bits per heavy atom. The van der Waals surface area contributed by atoms with Gasteiger partial charge in [-0.15, -0.1) is 36.2 Å². The minimum Gasteiger partial charge on any atom is -0.324 e. The van der Waals surface area contributed by atoms with Crippen molar-refractivity contribution in [2.24, 2.45) is 0 Å². The maximum Gasteiger partial charge on any atom is 0.160 e. The first-order valence-corrected chi connectivity index (χ1v) is 9.47. The minimum absolute atomic E-state index is 0. The summed E-state index contributed by atoms with van der Waals surface area (Å²) in [6.45, 7) is 3.49. The molecule has 0 unspecified atom stereocenters. The van der Waals surface area contributed by atoms with E-state index in [9.17, 15) is 0 Å². The lowest BCUT2D eigenvalue weighted by Crippen LogP contribution is -2.28. The fourth-order valence-corrected chi connectivity index (χ4v) is 4.15. The lowest BCUT2D eigenvalue weighted by Gasteiger charge is -2.13. The largest absolute Gasteiger partial charge is 0.324 e. The molecule has 0 aliphatic carbocycles. The van der Waals surface area contributed by atoms with Gasteiger partial charge >= 0.3 is 0 Å². The van der Waals surface area contributed by atoms with Gasteiger partial charge in [0.2, 0.25) is 0 Å². The number of hydrogen-bond acceptors (Lipinski definition) is 5. The zero-order valence-corrected chi connectivity index (χ0v) is 17.4. The Balaban J connectivity index is 0.00000112. The van der Waals surface area contributed by atoms with Gasteiger partial charge < -0.3 is 9.88 Å². The molecule has 0 amide bonds. The summed E-state index contributed by atoms with van der Waals surface area (Å²) in [5.41, 5.74) is 3.30. The first-order valence-electron chi connectivity index (χ1n) is 8.66. The Bertz CT molecular complexity index is 1020. The van der Waals surface area contributed by atoms with Crippen LogP contribution in [0, 0.1) is 0 Å². The number of fused-ring (bicyclic) bond motifs is 1. The molecule has 1 aliphatic heterocycles. The number of benzene rings is 1. The number of aromatic nitrogens is 5. The van der Waals surface area contributed by atoms with Crippen LogP contribution >= 0.6 is 36.2 Å². The molecule has 0 saturated carbocycles. The van der Waals surface area contributed by atoms with Gasteiger partial charge in [-0.1, -0.05) is 30.3 Å². The van der Waals surface area contributed by atoms with E-state index in [0.29, 0.717) is 0 Å². The normalized spacial score (nSPS) is 12.7. The summed E-state index contributed by atoms with van der Waals surface area (Å²) in [7, 11) is 0. The maximum atomic E-state index is 4.73. The third-order valence-electron chi connectivity index (χ3n) is 4.51. The van der Waals surface area contributed by atoms with Crippen LogP contribution in [-0.4, -0.2) is 30.9 Å². The summed E-state index contributed by atoms with van der Waals surface area (Å²) in [6.07, 6.45) is 5.80. The van der Waals surface area contributed by atoms with Gasteiger partial charge in [0.15, 0.2) is 5.82 Å². The van der Waals surface area contributed by atoms with Crippen molar-refractivity contribution in [2.75, 3.05) is 6.54 Å². The van der Waals surface area contributed by atoms with Crippen molar-refractivity contribution < 1.29 is 0 Å². The molecule has 0 atom stereocenters. The highest BCUT2D eigenvalue weighted by atomic mass is 35.5. The Hall–Kier alpha value is -2.19. The van der Waals surface area contributed by atoms with Crippen molar-refractivity contribution >= 4 is 36.2 Å². The van der Waals surface area contributed by atoms with E-state index in [1.54, 1.807) is 11.3 Å². The fourth-order valence-electron chi connectivity index (χ4n) is 3.23. The molecular formula is C19H20Cl2N6S. The molecule has 6 nitrogen and oxygen atoms in total. The highest BCUT2D eigenvalue weighted by Gasteiger charge is 2.16. The molecule has 0 fully saturated rings. The Labute approximate surface area is 179 Å². The second kappa shape index (κ2) is 8.87. The first-order chi connectivity index (χ1) is 12.9. The van der Waals surface area contributed by atoms with Crippen molar-refractivity contribution in [3.63, 3.8) is 0 Å². The average Bonchev–Trinajstić information content (AvgIpc) is 3.41. The number of thiazole rings is 1. The molecular weight excluding hydrogens is 415 g/mol. The van der Waals surface area contributed by atoms with Gasteiger partial charge in [0, 0.05) is 42.1 Å². The molecule has 0 spiro atoms. The van der Waals surface area contributed by atoms with Crippen LogP contribution in [0.4, 0.5) is 0 Å². The van der Waals surface area contributed by atoms with Crippen LogP contribution in [0.2, 0.25) is 0 Å². The van der Waals surface area contributed by atoms with Gasteiger partial charge in [0.05, 0.1) is 18.8 Å². The van der Waals surface area contributed by atoms with Gasteiger partial charge in [0.1, 0.15) is 10.7 Å². The Morgan fingerprint density at radius 1 is 1.11 bits per heavy atom. The van der Waals surface area contributed by atoms with Crippen LogP contribution in [0.3, 0.4) is 0 Å². The van der Waals surface area contributed by atoms with E-state index in [1.165, 1.54) is 10.6 Å². The van der Waals surface area contributed by atoms with Crippen LogP contribution in [0.5, 0.6) is 0 Å². The quantitative estimate of drug-likeness (QED) is 0.529. The number of hydrogen-bond donors (Lipinski definition) is 1. The summed E-state index contributed by atoms with van der Waals surface area (Å²) in [6, 6.07) is 12.4. The summed E-state index contributed by atoms with van der Waals surface area (Å²) in [5.74, 6) is 0.904. The molecule has 28 heavy (non-hydrogen) atoms. The molecule has 0 radical (unpaired) electrons. The third kappa shape index (κ3) is 3.98. The number of nitrogens with zero attached hydrogens (tertiary/aromatic N) is 5. The highest BCUT2D eigenvalue weighted by Crippen LogP contribution is 2.26. The molecule has 1 N–H and O–H groups in total. The average molecular weight is 435 g/mol. The molecule has 3 aromatic heterocycles. The Morgan fingerprint density at radius 2 is 1.96 bits per heavy atom. The lowest BCUT2D eigenvalue weighted by atomic mass is 10.2. The SMILES string of the molecule is Cl.Cl.c1ccc(-c2ncc(Cn3ccnc3-c3cc4n(n3)CCNC4)s2)cc1. The molecule has 5 rings (SSSR count). The zero-order valence-electron chi connectivity index (χ0n) is 15.0. The van der Waals surface area contributed by atoms with Crippen LogP contribution < -0.4 is 5.32 Å². The monoisotopic (exact) mass is 434 g/mol. The van der Waals surface area contributed by atoms with Crippen LogP contribution in [0.1, 0.15) is 10.6 Å². The topological polar surface area (TPSA) is 60.6 Å². The van der Waals surface area contributed by atoms with Crippen molar-refractivity contribution in [2.45, 2.75) is 19.6 Å². The van der Waals surface area contributed by atoms with E-state index in [2.05, 4.69) is 42.7 Å². The number of nitrogens with one attached hydrogen (secondary N) is 1. The van der Waals surface area contributed by atoms with E-state index in [1.807, 2.05) is 36.8 Å². The maximum absolute atomic E-state index is 4.73. The predicted octanol–water partition coefficient (Wildman–Crippen LogP) is 3.87. The summed E-state index contributed by atoms with van der Waals surface area (Å²) >= 11 is 1.72. The third-order valence-corrected chi connectivity index (χ3v) is 5.55. The Kier molecular flexibility index (Phi) is 6.51. The van der Waals surface area contributed by atoms with Gasteiger partial charge in [-0.3, -0.25) is 4.68 Å². The van der Waals surface area contributed by atoms with E-state index in [-0.39, 0.29) is 24.8 Å². The molecule has 0 saturated heterocycles. The molecule has 146 valence electrons. The van der Waals surface area contributed by atoms with E-state index in [0.717, 1.165) is 48.3 Å². The number of rotatable bonds is 4. The molecule has 1 aliphatic rings. The van der Waals surface area contributed by atoms with Crippen LogP contribution in [0.15, 0.2) is 55.0 Å². The van der Waals surface area contributed by atoms with Crippen LogP contribution in [-0.2, 0) is 19.6 Å². The molecule has 4 heterocycles. The molecule has 1 aromatic carbocycles. The molecule has 4 aromatic rings. The standard InChI is InChI=1S/C19H18N6S.2ClH/c1-2-4-14(5-3-1)19-22-12-16(26-19)13-24-8-7-21-18(24)17-10-15-11-20-6-9-25(15)23-17;;/h1-5,7-8,10,12,20H,6,9,11,13H2;2*1H. The summed E-state index contributed by atoms with van der Waals surface area (Å²) in [5, 5.41) is 9.15. The highest BCUT2D eigenvalue weighted by molar-refractivity contribution is 7.15. The lowest BCUT2D eigenvalue weighted by molar-refractivity contribution is 0.476. The van der Waals surface area contributed by atoms with Gasteiger partial charge in [-0.25, -0.2) is 9.97 Å². The van der Waals surface area contributed by atoms with Crippen molar-refractivity contribution in [3.8, 4) is 22.1 Å². The summed E-state index contributed by atoms with van der Waals surface area (Å²) in [4.78, 5) is 10.3. The van der Waals surface area contributed by atoms with E-state index < -0.39 is 0 Å². The van der Waals surface area contributed by atoms with Gasteiger partial charge in [0.25, 0.3) is 0 Å². The number of halogens is 2. The predicted molar refractivity (Wildman–Crippen MR) is 116 cm³/mol. The minimum atomic E-state index is 0. The molecule has 9 heteroatoms. The number of imidazole rings is 1. The van der Waals surface area contributed by atoms with Crippen molar-refractivity contribution in [1.82, 2.24) is 29.6 Å². The van der Waals surface area contributed by atoms with Crippen molar-refractivity contribution in [1.29, 1.82) is 0 Å². The smallest absolute Gasteiger partial charge is 0.160 e. The second-order valence-electron chi connectivity index (χ2n) is 6.30. The van der Waals surface area contributed by atoms with Crippen molar-refractivity contribution in [3.05, 3.63) is 65.6 Å². The zero-order chi connectivity index (χ0) is 17.3. The fraction of sp³-hybridized carbons (Fsp3) is 0.211. The molecule has 0 bridgehead atoms. The van der Waals surface area contributed by atoms with Gasteiger partial charge in [-0.2, -0.15) is 5.10 Å². The second-order valence-corrected chi connectivity index (χ2v) is 7.41. The van der Waals surface area contributed by atoms with Crippen LogP contribution in [0.25, 0.3) is 22.1 Å².